The molecule has 2 aromatic rings. The number of thiazole rings is 1. The molecule has 1 aliphatic rings. The monoisotopic (exact) mass is 388 g/mol. The molecule has 0 bridgehead atoms. The fraction of sp³-hybridized carbons (Fsp3) is 0.524. The maximum Gasteiger partial charge on any atom is 0.255 e. The number of nitrogens with one attached hydrogen (secondary N) is 1. The molecule has 27 heavy (non-hydrogen) atoms. The Morgan fingerprint density at radius 2 is 2.19 bits per heavy atom. The van der Waals surface area contributed by atoms with E-state index in [1.165, 1.54) is 22.5 Å². The number of nitrogens with zero attached hydrogens (tertiary/aromatic N) is 1. The fourth-order valence-electron chi connectivity index (χ4n) is 3.10. The Kier molecular flexibility index (Phi) is 6.63. The van der Waals surface area contributed by atoms with Crippen LogP contribution in [-0.4, -0.2) is 36.3 Å². The van der Waals surface area contributed by atoms with E-state index in [9.17, 15) is 4.79 Å². The Balaban J connectivity index is 1.63. The molecule has 1 aromatic carbocycles. The second-order valence-corrected chi connectivity index (χ2v) is 8.32. The number of aryl methyl sites for hydroxylation is 2. The lowest BCUT2D eigenvalue weighted by atomic mass is 10.1. The van der Waals surface area contributed by atoms with Gasteiger partial charge in [-0.15, -0.1) is 11.3 Å². The largest absolute Gasteiger partial charge is 0.376 e. The summed E-state index contributed by atoms with van der Waals surface area (Å²) in [4.78, 5) is 17.3. The number of amides is 1. The first-order chi connectivity index (χ1) is 12.9. The highest BCUT2D eigenvalue weighted by molar-refractivity contribution is 7.14. The van der Waals surface area contributed by atoms with Gasteiger partial charge in [-0.3, -0.25) is 10.1 Å². The molecule has 1 aromatic heterocycles. The van der Waals surface area contributed by atoms with Crippen molar-refractivity contribution in [2.45, 2.75) is 52.7 Å². The number of rotatable bonds is 7. The topological polar surface area (TPSA) is 60.5 Å². The van der Waals surface area contributed by atoms with Gasteiger partial charge in [0.2, 0.25) is 0 Å². The van der Waals surface area contributed by atoms with Crippen molar-refractivity contribution in [3.63, 3.8) is 0 Å². The first kappa shape index (κ1) is 20.0. The van der Waals surface area contributed by atoms with Crippen molar-refractivity contribution in [3.8, 4) is 11.3 Å². The van der Waals surface area contributed by atoms with E-state index in [2.05, 4.69) is 42.3 Å². The summed E-state index contributed by atoms with van der Waals surface area (Å²) in [5.74, 6) is -0.0745. The van der Waals surface area contributed by atoms with Crippen molar-refractivity contribution in [2.24, 2.45) is 5.92 Å². The van der Waals surface area contributed by atoms with E-state index in [4.69, 9.17) is 9.47 Å². The first-order valence-corrected chi connectivity index (χ1v) is 10.4. The Labute approximate surface area is 165 Å². The minimum absolute atomic E-state index is 0.0746. The van der Waals surface area contributed by atoms with Gasteiger partial charge in [0.1, 0.15) is 6.10 Å². The van der Waals surface area contributed by atoms with E-state index in [1.807, 2.05) is 19.2 Å². The van der Waals surface area contributed by atoms with Crippen molar-refractivity contribution >= 4 is 22.4 Å². The van der Waals surface area contributed by atoms with Gasteiger partial charge in [-0.25, -0.2) is 4.98 Å². The van der Waals surface area contributed by atoms with Gasteiger partial charge < -0.3 is 9.47 Å². The number of benzene rings is 1. The van der Waals surface area contributed by atoms with Gasteiger partial charge in [0.15, 0.2) is 5.13 Å². The predicted molar refractivity (Wildman–Crippen MR) is 109 cm³/mol. The molecule has 1 saturated heterocycles. The van der Waals surface area contributed by atoms with Gasteiger partial charge in [0.05, 0.1) is 18.4 Å². The zero-order valence-corrected chi connectivity index (χ0v) is 17.3. The Bertz CT molecular complexity index is 781. The van der Waals surface area contributed by atoms with Gasteiger partial charge in [0.25, 0.3) is 5.91 Å². The van der Waals surface area contributed by atoms with E-state index in [-0.39, 0.29) is 17.9 Å². The van der Waals surface area contributed by atoms with E-state index < -0.39 is 6.10 Å². The lowest BCUT2D eigenvalue weighted by Crippen LogP contribution is -2.36. The van der Waals surface area contributed by atoms with Crippen molar-refractivity contribution in [3.05, 3.63) is 34.7 Å². The van der Waals surface area contributed by atoms with Crippen LogP contribution in [0.15, 0.2) is 23.6 Å². The SMILES string of the molecule is Cc1ccc(-c2csc(NC(=O)[C@H](OC[C@H]3CCCO3)C(C)C)n2)cc1C. The molecule has 0 aliphatic carbocycles. The number of carbonyl (C=O) groups is 1. The van der Waals surface area contributed by atoms with Gasteiger partial charge in [-0.1, -0.05) is 26.0 Å². The zero-order chi connectivity index (χ0) is 19.4. The third-order valence-electron chi connectivity index (χ3n) is 4.89. The standard InChI is InChI=1S/C21H28N2O3S/c1-13(2)19(26-11-17-6-5-9-25-17)20(24)23-21-22-18(12-27-21)16-8-7-14(3)15(4)10-16/h7-8,10,12-13,17,19H,5-6,9,11H2,1-4H3,(H,22,23,24)/t17-,19-/m1/s1. The molecule has 3 rings (SSSR count). The highest BCUT2D eigenvalue weighted by atomic mass is 32.1. The molecule has 1 amide bonds. The second kappa shape index (κ2) is 8.95. The minimum Gasteiger partial charge on any atom is -0.376 e. The summed E-state index contributed by atoms with van der Waals surface area (Å²) in [5, 5.41) is 5.48. The predicted octanol–water partition coefficient (Wildman–Crippen LogP) is 4.59. The second-order valence-electron chi connectivity index (χ2n) is 7.46. The number of carbonyl (C=O) groups excluding carboxylic acids is 1. The Morgan fingerprint density at radius 1 is 1.37 bits per heavy atom. The van der Waals surface area contributed by atoms with Crippen LogP contribution in [0.25, 0.3) is 11.3 Å². The quantitative estimate of drug-likeness (QED) is 0.754. The highest BCUT2D eigenvalue weighted by Gasteiger charge is 2.26. The van der Waals surface area contributed by atoms with Crippen LogP contribution in [0, 0.1) is 19.8 Å². The molecule has 6 heteroatoms. The summed E-state index contributed by atoms with van der Waals surface area (Å²) < 4.78 is 11.5. The van der Waals surface area contributed by atoms with Crippen LogP contribution in [0.2, 0.25) is 0 Å². The van der Waals surface area contributed by atoms with Crippen molar-refractivity contribution < 1.29 is 14.3 Å². The number of ether oxygens (including phenoxy) is 2. The van der Waals surface area contributed by atoms with Crippen LogP contribution in [0.4, 0.5) is 5.13 Å². The molecule has 1 fully saturated rings. The Morgan fingerprint density at radius 3 is 2.85 bits per heavy atom. The number of anilines is 1. The smallest absolute Gasteiger partial charge is 0.255 e. The summed E-state index contributed by atoms with van der Waals surface area (Å²) in [6.45, 7) is 9.40. The lowest BCUT2D eigenvalue weighted by molar-refractivity contribution is -0.132. The van der Waals surface area contributed by atoms with Crippen LogP contribution in [-0.2, 0) is 14.3 Å². The van der Waals surface area contributed by atoms with E-state index in [1.54, 1.807) is 0 Å². The molecule has 2 heterocycles. The van der Waals surface area contributed by atoms with Crippen molar-refractivity contribution in [1.29, 1.82) is 0 Å². The Hall–Kier alpha value is -1.76. The number of hydrogen-bond acceptors (Lipinski definition) is 5. The van der Waals surface area contributed by atoms with E-state index >= 15 is 0 Å². The van der Waals surface area contributed by atoms with E-state index in [0.717, 1.165) is 30.7 Å². The molecule has 0 unspecified atom stereocenters. The maximum atomic E-state index is 12.7. The summed E-state index contributed by atoms with van der Waals surface area (Å²) in [6.07, 6.45) is 1.66. The van der Waals surface area contributed by atoms with Crippen molar-refractivity contribution in [2.75, 3.05) is 18.5 Å². The average Bonchev–Trinajstić information content (AvgIpc) is 3.29. The molecule has 1 aliphatic heterocycles. The molecule has 0 saturated carbocycles. The number of hydrogen-bond donors (Lipinski definition) is 1. The normalized spacial score (nSPS) is 18.0. The van der Waals surface area contributed by atoms with Crippen molar-refractivity contribution in [1.82, 2.24) is 4.98 Å². The van der Waals surface area contributed by atoms with Crippen LogP contribution in [0.3, 0.4) is 0 Å². The van der Waals surface area contributed by atoms with Crippen LogP contribution < -0.4 is 5.32 Å². The molecular formula is C21H28N2O3S. The van der Waals surface area contributed by atoms with Crippen LogP contribution in [0.1, 0.15) is 37.8 Å². The van der Waals surface area contributed by atoms with Crippen LogP contribution in [0.5, 0.6) is 0 Å². The first-order valence-electron chi connectivity index (χ1n) is 9.51. The zero-order valence-electron chi connectivity index (χ0n) is 16.5. The third kappa shape index (κ3) is 5.15. The summed E-state index contributed by atoms with van der Waals surface area (Å²) in [5.41, 5.74) is 4.42. The third-order valence-corrected chi connectivity index (χ3v) is 5.64. The molecule has 146 valence electrons. The molecule has 1 N–H and O–H groups in total. The summed E-state index contributed by atoms with van der Waals surface area (Å²) in [7, 11) is 0. The maximum absolute atomic E-state index is 12.7. The average molecular weight is 389 g/mol. The molecule has 0 spiro atoms. The lowest BCUT2D eigenvalue weighted by Gasteiger charge is -2.22. The fourth-order valence-corrected chi connectivity index (χ4v) is 3.82. The van der Waals surface area contributed by atoms with Crippen LogP contribution >= 0.6 is 11.3 Å². The van der Waals surface area contributed by atoms with Gasteiger partial charge >= 0.3 is 0 Å². The molecule has 0 radical (unpaired) electrons. The highest BCUT2D eigenvalue weighted by Crippen LogP contribution is 2.27. The summed E-state index contributed by atoms with van der Waals surface area (Å²) in [6, 6.07) is 6.28. The van der Waals surface area contributed by atoms with Gasteiger partial charge in [-0.2, -0.15) is 0 Å². The minimum atomic E-state index is -0.511. The van der Waals surface area contributed by atoms with Gasteiger partial charge in [-0.05, 0) is 49.8 Å². The van der Waals surface area contributed by atoms with E-state index in [0.29, 0.717) is 11.7 Å². The van der Waals surface area contributed by atoms with Gasteiger partial charge in [0, 0.05) is 17.6 Å². The molecule has 2 atom stereocenters. The molecular weight excluding hydrogens is 360 g/mol. The number of aromatic nitrogens is 1. The molecule has 5 nitrogen and oxygen atoms in total. The summed E-state index contributed by atoms with van der Waals surface area (Å²) >= 11 is 1.43.